The van der Waals surface area contributed by atoms with Crippen molar-refractivity contribution in [2.75, 3.05) is 7.11 Å². The summed E-state index contributed by atoms with van der Waals surface area (Å²) in [5.41, 5.74) is 5.39. The summed E-state index contributed by atoms with van der Waals surface area (Å²) in [4.78, 5) is 17.5. The van der Waals surface area contributed by atoms with Gasteiger partial charge in [0.05, 0.1) is 12.0 Å². The molecule has 6 heteroatoms. The molecular weight excluding hydrogens is 286 g/mol. The van der Waals surface area contributed by atoms with Gasteiger partial charge in [-0.05, 0) is 37.1 Å². The van der Waals surface area contributed by atoms with Crippen LogP contribution in [0.5, 0.6) is 0 Å². The molecule has 0 radical (unpaired) electrons. The topological polar surface area (TPSA) is 70.1 Å². The highest BCUT2D eigenvalue weighted by atomic mass is 32.1. The number of aromatic nitrogens is 2. The van der Waals surface area contributed by atoms with Crippen LogP contribution in [-0.2, 0) is 9.53 Å². The van der Waals surface area contributed by atoms with Crippen LogP contribution in [0.3, 0.4) is 0 Å². The Balaban J connectivity index is 1.88. The van der Waals surface area contributed by atoms with Crippen LogP contribution >= 0.6 is 11.3 Å². The average molecular weight is 305 g/mol. The Morgan fingerprint density at radius 3 is 3.19 bits per heavy atom. The Hall–Kier alpha value is -1.66. The maximum Gasteiger partial charge on any atom is 0.325 e. The normalized spacial score (nSPS) is 25.7. The minimum Gasteiger partial charge on any atom is -0.468 e. The van der Waals surface area contributed by atoms with E-state index < -0.39 is 5.54 Å². The van der Waals surface area contributed by atoms with E-state index in [9.17, 15) is 4.79 Å². The number of thiophene rings is 1. The molecule has 112 valence electrons. The number of imidazole rings is 1. The van der Waals surface area contributed by atoms with Crippen LogP contribution in [0.2, 0.25) is 0 Å². The van der Waals surface area contributed by atoms with E-state index in [1.165, 1.54) is 7.11 Å². The summed E-state index contributed by atoms with van der Waals surface area (Å²) >= 11 is 1.66. The van der Waals surface area contributed by atoms with Gasteiger partial charge in [0.25, 0.3) is 0 Å². The van der Waals surface area contributed by atoms with Crippen molar-refractivity contribution < 1.29 is 9.53 Å². The molecule has 2 aromatic heterocycles. The first-order chi connectivity index (χ1) is 10.1. The maximum absolute atomic E-state index is 11.9. The van der Waals surface area contributed by atoms with Crippen molar-refractivity contribution in [3.63, 3.8) is 0 Å². The van der Waals surface area contributed by atoms with Crippen LogP contribution in [0.4, 0.5) is 0 Å². The van der Waals surface area contributed by atoms with Gasteiger partial charge in [0.2, 0.25) is 0 Å². The Morgan fingerprint density at radius 2 is 2.48 bits per heavy atom. The molecule has 5 nitrogen and oxygen atoms in total. The molecule has 21 heavy (non-hydrogen) atoms. The predicted octanol–water partition coefficient (Wildman–Crippen LogP) is 2.60. The first-order valence-corrected chi connectivity index (χ1v) is 7.96. The number of hydrogen-bond donors (Lipinski definition) is 1. The van der Waals surface area contributed by atoms with E-state index in [1.54, 1.807) is 17.5 Å². The second kappa shape index (κ2) is 5.61. The largest absolute Gasteiger partial charge is 0.468 e. The standard InChI is InChI=1S/C15H19N3O2S/c1-20-14(19)15(16)6-2-4-11(10-15)18-8-7-17-13(18)12-5-3-9-21-12/h3,5,7-9,11H,2,4,6,10,16H2,1H3. The number of carbonyl (C=O) groups is 1. The summed E-state index contributed by atoms with van der Waals surface area (Å²) in [7, 11) is 1.40. The highest BCUT2D eigenvalue weighted by Crippen LogP contribution is 2.37. The summed E-state index contributed by atoms with van der Waals surface area (Å²) < 4.78 is 7.02. The van der Waals surface area contributed by atoms with Crippen LogP contribution in [0, 0.1) is 0 Å². The van der Waals surface area contributed by atoms with E-state index >= 15 is 0 Å². The number of hydrogen-bond acceptors (Lipinski definition) is 5. The molecule has 1 aliphatic rings. The van der Waals surface area contributed by atoms with Gasteiger partial charge in [0.1, 0.15) is 11.4 Å². The van der Waals surface area contributed by atoms with Crippen LogP contribution in [-0.4, -0.2) is 28.2 Å². The Bertz CT molecular complexity index is 623. The van der Waals surface area contributed by atoms with Gasteiger partial charge in [0.15, 0.2) is 0 Å². The fourth-order valence-electron chi connectivity index (χ4n) is 3.11. The van der Waals surface area contributed by atoms with E-state index in [-0.39, 0.29) is 12.0 Å². The van der Waals surface area contributed by atoms with Crippen LogP contribution < -0.4 is 5.73 Å². The lowest BCUT2D eigenvalue weighted by Crippen LogP contribution is -2.52. The van der Waals surface area contributed by atoms with E-state index in [1.807, 2.05) is 17.6 Å². The van der Waals surface area contributed by atoms with Gasteiger partial charge in [-0.25, -0.2) is 4.98 Å². The molecule has 0 aromatic carbocycles. The van der Waals surface area contributed by atoms with Crippen molar-refractivity contribution >= 4 is 17.3 Å². The Kier molecular flexibility index (Phi) is 3.82. The van der Waals surface area contributed by atoms with Gasteiger partial charge in [-0.2, -0.15) is 0 Å². The molecule has 1 fully saturated rings. The van der Waals surface area contributed by atoms with Crippen molar-refractivity contribution in [1.82, 2.24) is 9.55 Å². The fraction of sp³-hybridized carbons (Fsp3) is 0.467. The summed E-state index contributed by atoms with van der Waals surface area (Å²) in [6.45, 7) is 0. The Labute approximate surface area is 127 Å². The number of methoxy groups -OCH3 is 1. The summed E-state index contributed by atoms with van der Waals surface area (Å²) in [6.07, 6.45) is 6.97. The minimum atomic E-state index is -0.880. The highest BCUT2D eigenvalue weighted by Gasteiger charge is 2.41. The minimum absolute atomic E-state index is 0.183. The molecule has 2 heterocycles. The second-order valence-electron chi connectivity index (χ2n) is 5.53. The van der Waals surface area contributed by atoms with Gasteiger partial charge >= 0.3 is 5.97 Å². The molecule has 0 bridgehead atoms. The van der Waals surface area contributed by atoms with Crippen molar-refractivity contribution in [2.45, 2.75) is 37.3 Å². The van der Waals surface area contributed by atoms with Crippen molar-refractivity contribution in [2.24, 2.45) is 5.73 Å². The number of carbonyl (C=O) groups excluding carboxylic acids is 1. The third-order valence-electron chi connectivity index (χ3n) is 4.16. The number of nitrogens with zero attached hydrogens (tertiary/aromatic N) is 2. The van der Waals surface area contributed by atoms with Gasteiger partial charge < -0.3 is 15.0 Å². The lowest BCUT2D eigenvalue weighted by molar-refractivity contribution is -0.148. The zero-order valence-electron chi connectivity index (χ0n) is 12.0. The van der Waals surface area contributed by atoms with E-state index in [2.05, 4.69) is 15.6 Å². The molecule has 3 rings (SSSR count). The van der Waals surface area contributed by atoms with Crippen molar-refractivity contribution in [1.29, 1.82) is 0 Å². The second-order valence-corrected chi connectivity index (χ2v) is 6.48. The summed E-state index contributed by atoms with van der Waals surface area (Å²) in [6, 6.07) is 4.26. The smallest absolute Gasteiger partial charge is 0.325 e. The molecule has 2 atom stereocenters. The fourth-order valence-corrected chi connectivity index (χ4v) is 3.83. The molecule has 1 aliphatic carbocycles. The molecule has 2 N–H and O–H groups in total. The summed E-state index contributed by atoms with van der Waals surface area (Å²) in [5, 5.41) is 2.04. The third-order valence-corrected chi connectivity index (χ3v) is 5.02. The molecule has 0 amide bonds. The SMILES string of the molecule is COC(=O)C1(N)CCCC(n2ccnc2-c2cccs2)C1. The molecule has 2 aromatic rings. The molecule has 0 aliphatic heterocycles. The molecular formula is C15H19N3O2S. The van der Waals surface area contributed by atoms with Crippen LogP contribution in [0.1, 0.15) is 31.7 Å². The maximum atomic E-state index is 11.9. The molecule has 1 saturated carbocycles. The van der Waals surface area contributed by atoms with Crippen LogP contribution in [0.25, 0.3) is 10.7 Å². The molecule has 2 unspecified atom stereocenters. The monoisotopic (exact) mass is 305 g/mol. The zero-order valence-corrected chi connectivity index (χ0v) is 12.8. The first-order valence-electron chi connectivity index (χ1n) is 7.08. The molecule has 0 spiro atoms. The number of ether oxygens (including phenoxy) is 1. The van der Waals surface area contributed by atoms with E-state index in [0.29, 0.717) is 12.8 Å². The number of nitrogens with two attached hydrogens (primary N) is 1. The van der Waals surface area contributed by atoms with Gasteiger partial charge in [-0.3, -0.25) is 4.79 Å². The van der Waals surface area contributed by atoms with Gasteiger partial charge in [0, 0.05) is 18.4 Å². The number of esters is 1. The van der Waals surface area contributed by atoms with E-state index in [4.69, 9.17) is 10.5 Å². The zero-order chi connectivity index (χ0) is 14.9. The van der Waals surface area contributed by atoms with E-state index in [0.717, 1.165) is 23.5 Å². The molecule has 0 saturated heterocycles. The lowest BCUT2D eigenvalue weighted by atomic mass is 9.79. The highest BCUT2D eigenvalue weighted by molar-refractivity contribution is 7.13. The van der Waals surface area contributed by atoms with Gasteiger partial charge in [-0.1, -0.05) is 6.07 Å². The predicted molar refractivity (Wildman–Crippen MR) is 82.0 cm³/mol. The first kappa shape index (κ1) is 14.3. The van der Waals surface area contributed by atoms with Crippen molar-refractivity contribution in [3.05, 3.63) is 29.9 Å². The van der Waals surface area contributed by atoms with Crippen LogP contribution in [0.15, 0.2) is 29.9 Å². The Morgan fingerprint density at radius 1 is 1.62 bits per heavy atom. The van der Waals surface area contributed by atoms with Gasteiger partial charge in [-0.15, -0.1) is 11.3 Å². The third kappa shape index (κ3) is 2.61. The number of rotatable bonds is 3. The van der Waals surface area contributed by atoms with Crippen molar-refractivity contribution in [3.8, 4) is 10.7 Å². The summed E-state index contributed by atoms with van der Waals surface area (Å²) in [5.74, 6) is 0.633. The average Bonchev–Trinajstić information content (AvgIpc) is 3.16. The quantitative estimate of drug-likeness (QED) is 0.885. The lowest BCUT2D eigenvalue weighted by Gasteiger charge is -2.36.